The van der Waals surface area contributed by atoms with Crippen molar-refractivity contribution >= 4 is 0 Å². The molecule has 0 saturated heterocycles. The molecular formula is C12H15N3O2. The molecule has 0 bridgehead atoms. The number of pyridine rings is 1. The van der Waals surface area contributed by atoms with Crippen molar-refractivity contribution in [2.24, 2.45) is 7.05 Å². The normalized spacial score (nSPS) is 12.6. The smallest absolute Gasteiger partial charge is 0.295 e. The van der Waals surface area contributed by atoms with Gasteiger partial charge in [0, 0.05) is 13.2 Å². The molecule has 0 fully saturated rings. The molecule has 2 aromatic rings. The topological polar surface area (TPSA) is 60.9 Å². The second-order valence-corrected chi connectivity index (χ2v) is 4.08. The molecule has 0 spiro atoms. The lowest BCUT2D eigenvalue weighted by Crippen LogP contribution is -2.11. The van der Waals surface area contributed by atoms with Crippen molar-refractivity contribution in [3.63, 3.8) is 0 Å². The lowest BCUT2D eigenvalue weighted by molar-refractivity contribution is 0.380. The van der Waals surface area contributed by atoms with Gasteiger partial charge in [0.25, 0.3) is 0 Å². The number of rotatable bonds is 3. The van der Waals surface area contributed by atoms with Crippen LogP contribution in [0.25, 0.3) is 11.5 Å². The zero-order valence-corrected chi connectivity index (χ0v) is 10.2. The fraction of sp³-hybridized carbons (Fsp3) is 0.417. The van der Waals surface area contributed by atoms with Crippen molar-refractivity contribution in [2.75, 3.05) is 0 Å². The van der Waals surface area contributed by atoms with E-state index in [1.54, 1.807) is 13.2 Å². The fourth-order valence-corrected chi connectivity index (χ4v) is 1.72. The van der Waals surface area contributed by atoms with E-state index in [1.165, 1.54) is 4.57 Å². The van der Waals surface area contributed by atoms with Crippen LogP contribution in [-0.4, -0.2) is 14.7 Å². The molecule has 0 aliphatic heterocycles. The molecule has 5 nitrogen and oxygen atoms in total. The van der Waals surface area contributed by atoms with Gasteiger partial charge in [0.1, 0.15) is 5.69 Å². The molecule has 0 radical (unpaired) electrons. The summed E-state index contributed by atoms with van der Waals surface area (Å²) < 4.78 is 6.00. The SMILES string of the molecule is CCC(C)c1cccnc1-c1noc(=O)n1C. The Bertz CT molecular complexity index is 571. The summed E-state index contributed by atoms with van der Waals surface area (Å²) in [6.45, 7) is 4.24. The van der Waals surface area contributed by atoms with E-state index >= 15 is 0 Å². The Kier molecular flexibility index (Phi) is 3.08. The van der Waals surface area contributed by atoms with Crippen molar-refractivity contribution in [1.29, 1.82) is 0 Å². The average Bonchev–Trinajstić information content (AvgIpc) is 2.69. The van der Waals surface area contributed by atoms with Gasteiger partial charge in [0.05, 0.1) is 0 Å². The summed E-state index contributed by atoms with van der Waals surface area (Å²) in [5.41, 5.74) is 1.80. The monoisotopic (exact) mass is 233 g/mol. The molecule has 0 aliphatic rings. The minimum atomic E-state index is -0.472. The first kappa shape index (κ1) is 11.6. The highest BCUT2D eigenvalue weighted by Gasteiger charge is 2.17. The Morgan fingerprint density at radius 1 is 1.53 bits per heavy atom. The van der Waals surface area contributed by atoms with Crippen LogP contribution in [0.3, 0.4) is 0 Å². The van der Waals surface area contributed by atoms with E-state index in [0.717, 1.165) is 17.7 Å². The van der Waals surface area contributed by atoms with E-state index in [-0.39, 0.29) is 0 Å². The third kappa shape index (κ3) is 2.00. The van der Waals surface area contributed by atoms with E-state index in [1.807, 2.05) is 12.1 Å². The molecule has 0 N–H and O–H groups in total. The van der Waals surface area contributed by atoms with Crippen LogP contribution in [0.1, 0.15) is 31.7 Å². The molecule has 2 heterocycles. The van der Waals surface area contributed by atoms with Gasteiger partial charge in [-0.25, -0.2) is 4.79 Å². The Morgan fingerprint density at radius 2 is 2.29 bits per heavy atom. The Morgan fingerprint density at radius 3 is 2.88 bits per heavy atom. The first-order valence-corrected chi connectivity index (χ1v) is 5.63. The number of nitrogens with zero attached hydrogens (tertiary/aromatic N) is 3. The molecule has 1 unspecified atom stereocenters. The summed E-state index contributed by atoms with van der Waals surface area (Å²) in [7, 11) is 1.63. The van der Waals surface area contributed by atoms with Gasteiger partial charge in [-0.2, -0.15) is 0 Å². The van der Waals surface area contributed by atoms with Crippen molar-refractivity contribution < 1.29 is 4.52 Å². The maximum atomic E-state index is 11.3. The van der Waals surface area contributed by atoms with E-state index < -0.39 is 5.76 Å². The first-order valence-electron chi connectivity index (χ1n) is 5.63. The van der Waals surface area contributed by atoms with Gasteiger partial charge in [0.15, 0.2) is 0 Å². The lowest BCUT2D eigenvalue weighted by Gasteiger charge is -2.12. The summed E-state index contributed by atoms with van der Waals surface area (Å²) >= 11 is 0. The van der Waals surface area contributed by atoms with Crippen molar-refractivity contribution in [2.45, 2.75) is 26.2 Å². The van der Waals surface area contributed by atoms with Crippen molar-refractivity contribution in [3.8, 4) is 11.5 Å². The molecule has 1 atom stereocenters. The van der Waals surface area contributed by atoms with Crippen LogP contribution >= 0.6 is 0 Å². The predicted molar refractivity (Wildman–Crippen MR) is 63.7 cm³/mol. The summed E-state index contributed by atoms with van der Waals surface area (Å²) in [6.07, 6.45) is 2.70. The average molecular weight is 233 g/mol. The number of aromatic nitrogens is 3. The third-order valence-electron chi connectivity index (χ3n) is 3.00. The van der Waals surface area contributed by atoms with Crippen LogP contribution in [0.4, 0.5) is 0 Å². The highest BCUT2D eigenvalue weighted by molar-refractivity contribution is 5.55. The van der Waals surface area contributed by atoms with E-state index in [4.69, 9.17) is 0 Å². The molecule has 0 amide bonds. The van der Waals surface area contributed by atoms with Crippen molar-refractivity contribution in [1.82, 2.24) is 14.7 Å². The molecule has 2 aromatic heterocycles. The predicted octanol–water partition coefficient (Wildman–Crippen LogP) is 1.95. The van der Waals surface area contributed by atoms with Gasteiger partial charge in [-0.1, -0.05) is 25.1 Å². The second-order valence-electron chi connectivity index (χ2n) is 4.08. The Hall–Kier alpha value is -1.91. The molecule has 90 valence electrons. The first-order chi connectivity index (χ1) is 8.15. The van der Waals surface area contributed by atoms with Gasteiger partial charge in [-0.15, -0.1) is 0 Å². The molecule has 17 heavy (non-hydrogen) atoms. The van der Waals surface area contributed by atoms with Gasteiger partial charge in [-0.05, 0) is 24.0 Å². The number of hydrogen-bond donors (Lipinski definition) is 0. The lowest BCUT2D eigenvalue weighted by atomic mass is 9.97. The molecule has 0 aliphatic carbocycles. The van der Waals surface area contributed by atoms with Gasteiger partial charge >= 0.3 is 5.76 Å². The van der Waals surface area contributed by atoms with Crippen LogP contribution < -0.4 is 5.76 Å². The highest BCUT2D eigenvalue weighted by Crippen LogP contribution is 2.26. The molecule has 2 rings (SSSR count). The van der Waals surface area contributed by atoms with Crippen molar-refractivity contribution in [3.05, 3.63) is 34.4 Å². The largest absolute Gasteiger partial charge is 0.441 e. The fourth-order valence-electron chi connectivity index (χ4n) is 1.72. The van der Waals surface area contributed by atoms with Gasteiger partial charge < -0.3 is 0 Å². The summed E-state index contributed by atoms with van der Waals surface area (Å²) in [4.78, 5) is 15.6. The van der Waals surface area contributed by atoms with E-state index in [2.05, 4.69) is 28.5 Å². The van der Waals surface area contributed by atoms with Crippen LogP contribution in [-0.2, 0) is 7.05 Å². The Balaban J connectivity index is 2.59. The second kappa shape index (κ2) is 4.53. The Labute approximate surface area is 99.1 Å². The van der Waals surface area contributed by atoms with E-state index in [0.29, 0.717) is 11.7 Å². The van der Waals surface area contributed by atoms with Crippen LogP contribution in [0, 0.1) is 0 Å². The zero-order chi connectivity index (χ0) is 12.4. The minimum absolute atomic E-state index is 0.366. The van der Waals surface area contributed by atoms with Crippen LogP contribution in [0.2, 0.25) is 0 Å². The van der Waals surface area contributed by atoms with Gasteiger partial charge in [0.2, 0.25) is 5.82 Å². The molecule has 0 saturated carbocycles. The summed E-state index contributed by atoms with van der Waals surface area (Å²) in [6, 6.07) is 3.90. The maximum Gasteiger partial charge on any atom is 0.441 e. The number of hydrogen-bond acceptors (Lipinski definition) is 4. The van der Waals surface area contributed by atoms with E-state index in [9.17, 15) is 4.79 Å². The quantitative estimate of drug-likeness (QED) is 0.812. The molecule has 0 aromatic carbocycles. The zero-order valence-electron chi connectivity index (χ0n) is 10.2. The standard InChI is InChI=1S/C12H15N3O2/c1-4-8(2)9-6-5-7-13-10(9)11-14-17-12(16)15(11)3/h5-8H,4H2,1-3H3. The molecule has 5 heteroatoms. The summed E-state index contributed by atoms with van der Waals surface area (Å²) in [5.74, 6) is 0.372. The summed E-state index contributed by atoms with van der Waals surface area (Å²) in [5, 5.41) is 3.78. The third-order valence-corrected chi connectivity index (χ3v) is 3.00. The maximum absolute atomic E-state index is 11.3. The van der Waals surface area contributed by atoms with Crippen LogP contribution in [0.15, 0.2) is 27.6 Å². The minimum Gasteiger partial charge on any atom is -0.295 e. The van der Waals surface area contributed by atoms with Crippen LogP contribution in [0.5, 0.6) is 0 Å². The molecular weight excluding hydrogens is 218 g/mol. The highest BCUT2D eigenvalue weighted by atomic mass is 16.5. The van der Waals surface area contributed by atoms with Gasteiger partial charge in [-0.3, -0.25) is 14.1 Å².